The summed E-state index contributed by atoms with van der Waals surface area (Å²) in [5.41, 5.74) is 0.947. The van der Waals surface area contributed by atoms with Crippen LogP contribution in [0, 0.1) is 0 Å². The lowest BCUT2D eigenvalue weighted by Gasteiger charge is -2.19. The zero-order valence-corrected chi connectivity index (χ0v) is 14.1. The van der Waals surface area contributed by atoms with Crippen molar-refractivity contribution in [1.29, 1.82) is 0 Å². The Kier molecular flexibility index (Phi) is 4.79. The third-order valence-corrected chi connectivity index (χ3v) is 4.67. The van der Waals surface area contributed by atoms with Crippen LogP contribution in [0.15, 0.2) is 54.2 Å². The number of benzene rings is 1. The molecule has 1 N–H and O–H groups in total. The summed E-state index contributed by atoms with van der Waals surface area (Å²) in [4.78, 5) is 17.8. The number of hydrogen-bond acceptors (Lipinski definition) is 3. The minimum atomic E-state index is -0.306. The Morgan fingerprint density at radius 1 is 1.35 bits per heavy atom. The molecule has 0 aliphatic rings. The lowest BCUT2D eigenvalue weighted by molar-refractivity contribution is -0.120. The summed E-state index contributed by atoms with van der Waals surface area (Å²) in [5, 5.41) is 5.71. The van der Waals surface area contributed by atoms with Crippen LogP contribution in [0.5, 0.6) is 0 Å². The van der Waals surface area contributed by atoms with Crippen molar-refractivity contribution in [1.82, 2.24) is 14.9 Å². The maximum absolute atomic E-state index is 12.4. The van der Waals surface area contributed by atoms with Crippen molar-refractivity contribution in [2.75, 3.05) is 0 Å². The molecule has 0 saturated carbocycles. The van der Waals surface area contributed by atoms with Crippen molar-refractivity contribution in [3.63, 3.8) is 0 Å². The quantitative estimate of drug-likeness (QED) is 0.768. The number of halogens is 1. The highest BCUT2D eigenvalue weighted by molar-refractivity contribution is 7.10. The van der Waals surface area contributed by atoms with Crippen LogP contribution >= 0.6 is 22.9 Å². The van der Waals surface area contributed by atoms with E-state index in [-0.39, 0.29) is 11.9 Å². The molecule has 0 bridgehead atoms. The minimum Gasteiger partial charge on any atom is -0.342 e. The van der Waals surface area contributed by atoms with E-state index in [2.05, 4.69) is 10.3 Å². The van der Waals surface area contributed by atoms with Crippen LogP contribution in [0.25, 0.3) is 0 Å². The Balaban J connectivity index is 1.85. The largest absolute Gasteiger partial charge is 0.342 e. The number of rotatable bonds is 5. The predicted octanol–water partition coefficient (Wildman–Crippen LogP) is 3.58. The van der Waals surface area contributed by atoms with Gasteiger partial charge < -0.3 is 9.88 Å². The second kappa shape index (κ2) is 6.98. The van der Waals surface area contributed by atoms with Gasteiger partial charge in [0.2, 0.25) is 5.91 Å². The summed E-state index contributed by atoms with van der Waals surface area (Å²) in [5.74, 6) is 0.752. The molecular weight excluding hydrogens is 330 g/mol. The number of carbonyl (C=O) groups excluding carboxylic acids is 1. The summed E-state index contributed by atoms with van der Waals surface area (Å²) >= 11 is 7.54. The van der Waals surface area contributed by atoms with Gasteiger partial charge in [0.25, 0.3) is 0 Å². The Hall–Kier alpha value is -2.11. The van der Waals surface area contributed by atoms with E-state index in [0.717, 1.165) is 16.3 Å². The summed E-state index contributed by atoms with van der Waals surface area (Å²) < 4.78 is 1.91. The normalized spacial score (nSPS) is 12.1. The molecule has 3 rings (SSSR count). The van der Waals surface area contributed by atoms with Gasteiger partial charge in [-0.05, 0) is 29.1 Å². The summed E-state index contributed by atoms with van der Waals surface area (Å²) in [6.45, 7) is 0. The topological polar surface area (TPSA) is 46.9 Å². The fourth-order valence-electron chi connectivity index (χ4n) is 2.39. The van der Waals surface area contributed by atoms with Crippen LogP contribution in [0.1, 0.15) is 22.3 Å². The van der Waals surface area contributed by atoms with Gasteiger partial charge in [0.15, 0.2) is 0 Å². The molecule has 1 unspecified atom stereocenters. The number of amides is 1. The van der Waals surface area contributed by atoms with Crippen LogP contribution in [-0.2, 0) is 18.3 Å². The number of carbonyl (C=O) groups is 1. The second-order valence-corrected chi connectivity index (χ2v) is 6.67. The maximum Gasteiger partial charge on any atom is 0.226 e. The molecule has 118 valence electrons. The first kappa shape index (κ1) is 15.8. The Bertz CT molecular complexity index is 781. The van der Waals surface area contributed by atoms with Crippen LogP contribution < -0.4 is 5.32 Å². The highest BCUT2D eigenvalue weighted by Gasteiger charge is 2.20. The van der Waals surface area contributed by atoms with E-state index >= 15 is 0 Å². The van der Waals surface area contributed by atoms with Crippen LogP contribution in [0.3, 0.4) is 0 Å². The van der Waals surface area contributed by atoms with Crippen molar-refractivity contribution in [2.24, 2.45) is 7.05 Å². The third kappa shape index (κ3) is 3.81. The lowest BCUT2D eigenvalue weighted by atomic mass is 10.1. The highest BCUT2D eigenvalue weighted by atomic mass is 35.5. The summed E-state index contributed by atoms with van der Waals surface area (Å²) in [6, 6.07) is 11.1. The molecule has 1 atom stereocenters. The Labute approximate surface area is 143 Å². The predicted molar refractivity (Wildman–Crippen MR) is 92.7 cm³/mol. The number of aromatic nitrogens is 2. The maximum atomic E-state index is 12.4. The molecule has 2 aromatic heterocycles. The second-order valence-electron chi connectivity index (χ2n) is 5.20. The molecular formula is C17H16ClN3OS. The van der Waals surface area contributed by atoms with Gasteiger partial charge in [-0.25, -0.2) is 4.98 Å². The minimum absolute atomic E-state index is 0.0320. The van der Waals surface area contributed by atoms with Gasteiger partial charge in [0, 0.05) is 29.3 Å². The molecule has 6 heteroatoms. The Morgan fingerprint density at radius 2 is 2.13 bits per heavy atom. The van der Waals surface area contributed by atoms with Crippen molar-refractivity contribution < 1.29 is 4.79 Å². The van der Waals surface area contributed by atoms with E-state index in [9.17, 15) is 4.79 Å². The van der Waals surface area contributed by atoms with Crippen molar-refractivity contribution in [2.45, 2.75) is 12.5 Å². The standard InChI is InChI=1S/C17H16ClN3OS/c1-21-9-8-19-17(21)16(12-4-6-13(18)7-5-12)20-15(22)11-14-3-2-10-23-14/h2-10,16H,11H2,1H3,(H,20,22). The van der Waals surface area contributed by atoms with Gasteiger partial charge in [-0.2, -0.15) is 0 Å². The number of hydrogen-bond donors (Lipinski definition) is 1. The lowest BCUT2D eigenvalue weighted by Crippen LogP contribution is -2.32. The molecule has 1 amide bonds. The fourth-order valence-corrected chi connectivity index (χ4v) is 3.22. The van der Waals surface area contributed by atoms with E-state index in [1.165, 1.54) is 0 Å². The zero-order chi connectivity index (χ0) is 16.2. The highest BCUT2D eigenvalue weighted by Crippen LogP contribution is 2.22. The molecule has 0 fully saturated rings. The first-order chi connectivity index (χ1) is 11.1. The molecule has 1 aromatic carbocycles. The molecule has 0 aliphatic carbocycles. The molecule has 0 radical (unpaired) electrons. The number of nitrogens with one attached hydrogen (secondary N) is 1. The SMILES string of the molecule is Cn1ccnc1C(NC(=O)Cc1cccs1)c1ccc(Cl)cc1. The van der Waals surface area contributed by atoms with E-state index in [1.807, 2.05) is 59.6 Å². The van der Waals surface area contributed by atoms with Crippen molar-refractivity contribution >= 4 is 28.8 Å². The average molecular weight is 346 g/mol. The van der Waals surface area contributed by atoms with Crippen LogP contribution in [-0.4, -0.2) is 15.5 Å². The molecule has 0 spiro atoms. The molecule has 0 aliphatic heterocycles. The van der Waals surface area contributed by atoms with Gasteiger partial charge >= 0.3 is 0 Å². The van der Waals surface area contributed by atoms with Crippen molar-refractivity contribution in [3.05, 3.63) is 75.5 Å². The summed E-state index contributed by atoms with van der Waals surface area (Å²) in [6.07, 6.45) is 3.96. The van der Waals surface area contributed by atoms with Gasteiger partial charge in [0.1, 0.15) is 11.9 Å². The smallest absolute Gasteiger partial charge is 0.226 e. The third-order valence-electron chi connectivity index (χ3n) is 3.54. The number of imidazole rings is 1. The van der Waals surface area contributed by atoms with Gasteiger partial charge in [-0.15, -0.1) is 11.3 Å². The van der Waals surface area contributed by atoms with Crippen LogP contribution in [0.4, 0.5) is 0 Å². The number of nitrogens with zero attached hydrogens (tertiary/aromatic N) is 2. The van der Waals surface area contributed by atoms with E-state index in [4.69, 9.17) is 11.6 Å². The van der Waals surface area contributed by atoms with Crippen LogP contribution in [0.2, 0.25) is 5.02 Å². The molecule has 4 nitrogen and oxygen atoms in total. The first-order valence-corrected chi connectivity index (χ1v) is 8.43. The fraction of sp³-hybridized carbons (Fsp3) is 0.176. The van der Waals surface area contributed by atoms with Gasteiger partial charge in [0.05, 0.1) is 6.42 Å². The Morgan fingerprint density at radius 3 is 2.74 bits per heavy atom. The first-order valence-electron chi connectivity index (χ1n) is 7.18. The summed E-state index contributed by atoms with van der Waals surface area (Å²) in [7, 11) is 1.91. The van der Waals surface area contributed by atoms with E-state index < -0.39 is 0 Å². The number of thiophene rings is 1. The number of aryl methyl sites for hydroxylation is 1. The average Bonchev–Trinajstić information content (AvgIpc) is 3.18. The monoisotopic (exact) mass is 345 g/mol. The zero-order valence-electron chi connectivity index (χ0n) is 12.6. The molecule has 23 heavy (non-hydrogen) atoms. The van der Waals surface area contributed by atoms with E-state index in [0.29, 0.717) is 11.4 Å². The molecule has 3 aromatic rings. The van der Waals surface area contributed by atoms with Crippen molar-refractivity contribution in [3.8, 4) is 0 Å². The molecule has 2 heterocycles. The van der Waals surface area contributed by atoms with Gasteiger partial charge in [-0.3, -0.25) is 4.79 Å². The van der Waals surface area contributed by atoms with E-state index in [1.54, 1.807) is 17.5 Å². The van der Waals surface area contributed by atoms with Gasteiger partial charge in [-0.1, -0.05) is 29.8 Å². The molecule has 0 saturated heterocycles.